The third-order valence-corrected chi connectivity index (χ3v) is 1.65. The van der Waals surface area contributed by atoms with Crippen molar-refractivity contribution in [1.29, 1.82) is 0 Å². The Kier molecular flexibility index (Phi) is 2.62. The first-order valence-corrected chi connectivity index (χ1v) is 3.70. The van der Waals surface area contributed by atoms with Crippen molar-refractivity contribution in [2.45, 2.75) is 32.9 Å². The molecule has 0 aliphatic rings. The molecule has 0 heterocycles. The molecule has 0 aliphatic carbocycles. The van der Waals surface area contributed by atoms with Gasteiger partial charge in [-0.15, -0.1) is 0 Å². The summed E-state index contributed by atoms with van der Waals surface area (Å²) in [6.07, 6.45) is 0. The Labute approximate surface area is 52.6 Å². The molecule has 0 radical (unpaired) electrons. The van der Waals surface area contributed by atoms with Crippen LogP contribution in [0.2, 0.25) is 0 Å². The van der Waals surface area contributed by atoms with E-state index in [0.717, 1.165) is 0 Å². The van der Waals surface area contributed by atoms with Crippen molar-refractivity contribution in [3.8, 4) is 0 Å². The number of carbonyl (C=O) groups is 1. The van der Waals surface area contributed by atoms with Gasteiger partial charge in [-0.2, -0.15) is 0 Å². The van der Waals surface area contributed by atoms with Crippen LogP contribution in [0.4, 0.5) is 0 Å². The van der Waals surface area contributed by atoms with Crippen LogP contribution in [-0.4, -0.2) is 10.7 Å². The molecule has 1 nitrogen and oxygen atoms in total. The van der Waals surface area contributed by atoms with Crippen LogP contribution in [0.1, 0.15) is 27.7 Å². The highest BCUT2D eigenvalue weighted by Gasteiger charge is 2.11. The zero-order valence-corrected chi connectivity index (χ0v) is 6.91. The van der Waals surface area contributed by atoms with Crippen molar-refractivity contribution in [2.24, 2.45) is 0 Å². The van der Waals surface area contributed by atoms with Crippen LogP contribution in [-0.2, 0) is 4.79 Å². The Morgan fingerprint density at radius 2 is 1.75 bits per heavy atom. The van der Waals surface area contributed by atoms with E-state index >= 15 is 0 Å². The summed E-state index contributed by atoms with van der Waals surface area (Å²) < 4.78 is 0. The van der Waals surface area contributed by atoms with Gasteiger partial charge in [0, 0.05) is 0 Å². The van der Waals surface area contributed by atoms with Gasteiger partial charge in [-0.3, -0.25) is 4.79 Å². The van der Waals surface area contributed by atoms with Crippen LogP contribution in [0, 0.1) is 0 Å². The summed E-state index contributed by atoms with van der Waals surface area (Å²) in [6, 6.07) is 0. The Bertz CT molecular complexity index is 91.2. The molecule has 8 heavy (non-hydrogen) atoms. The second kappa shape index (κ2) is 2.59. The van der Waals surface area contributed by atoms with Gasteiger partial charge in [-0.05, 0) is 20.7 Å². The SMILES string of the molecule is CC(=O)PC(C)(C)C. The van der Waals surface area contributed by atoms with E-state index in [0.29, 0.717) is 14.1 Å². The molecule has 0 aromatic rings. The third-order valence-electron chi connectivity index (χ3n) is 0.551. The molecule has 0 saturated heterocycles. The summed E-state index contributed by atoms with van der Waals surface area (Å²) in [5.74, 6) is 0. The topological polar surface area (TPSA) is 17.1 Å². The number of hydrogen-bond acceptors (Lipinski definition) is 1. The first-order valence-electron chi connectivity index (χ1n) is 2.70. The van der Waals surface area contributed by atoms with Crippen molar-refractivity contribution >= 4 is 14.1 Å². The van der Waals surface area contributed by atoms with Gasteiger partial charge in [-0.25, -0.2) is 0 Å². The van der Waals surface area contributed by atoms with Crippen molar-refractivity contribution in [3.63, 3.8) is 0 Å². The first-order chi connectivity index (χ1) is 3.42. The number of hydrogen-bond donors (Lipinski definition) is 0. The molecule has 2 heteroatoms. The average Bonchev–Trinajstić information content (AvgIpc) is 1.21. The quantitative estimate of drug-likeness (QED) is 0.499. The Morgan fingerprint density at radius 1 is 1.38 bits per heavy atom. The van der Waals surface area contributed by atoms with E-state index < -0.39 is 0 Å². The zero-order valence-electron chi connectivity index (χ0n) is 5.91. The van der Waals surface area contributed by atoms with E-state index in [1.165, 1.54) is 0 Å². The fourth-order valence-electron chi connectivity index (χ4n) is 0.528. The predicted molar refractivity (Wildman–Crippen MR) is 38.7 cm³/mol. The normalized spacial score (nSPS) is 13.0. The van der Waals surface area contributed by atoms with Gasteiger partial charge in [-0.1, -0.05) is 20.8 Å². The minimum Gasteiger partial charge on any atom is -0.295 e. The molecule has 1 atom stereocenters. The van der Waals surface area contributed by atoms with E-state index in [4.69, 9.17) is 0 Å². The average molecular weight is 132 g/mol. The van der Waals surface area contributed by atoms with E-state index in [9.17, 15) is 4.79 Å². The monoisotopic (exact) mass is 132 g/mol. The molecule has 0 spiro atoms. The lowest BCUT2D eigenvalue weighted by Crippen LogP contribution is -2.06. The summed E-state index contributed by atoms with van der Waals surface area (Å²) >= 11 is 0. The van der Waals surface area contributed by atoms with E-state index in [-0.39, 0.29) is 5.16 Å². The highest BCUT2D eigenvalue weighted by molar-refractivity contribution is 7.59. The Hall–Kier alpha value is 0.100. The fourth-order valence-corrected chi connectivity index (χ4v) is 1.58. The van der Waals surface area contributed by atoms with E-state index in [1.54, 1.807) is 6.92 Å². The molecule has 0 aliphatic heterocycles. The van der Waals surface area contributed by atoms with Crippen molar-refractivity contribution < 1.29 is 4.79 Å². The standard InChI is InChI=1S/C6H13OP/c1-5(7)8-6(2,3)4/h8H,1-4H3. The van der Waals surface area contributed by atoms with Crippen molar-refractivity contribution in [2.75, 3.05) is 0 Å². The summed E-state index contributed by atoms with van der Waals surface area (Å²) in [5.41, 5.74) is 0.303. The molecule has 0 bridgehead atoms. The fraction of sp³-hybridized carbons (Fsp3) is 0.833. The molecule has 0 amide bonds. The maximum Gasteiger partial charge on any atom is 0.148 e. The predicted octanol–water partition coefficient (Wildman–Crippen LogP) is 2.01. The molecular weight excluding hydrogens is 119 g/mol. The second-order valence-electron chi connectivity index (χ2n) is 2.93. The summed E-state index contributed by atoms with van der Waals surface area (Å²) in [4.78, 5) is 10.5. The first kappa shape index (κ1) is 8.10. The molecule has 0 saturated carbocycles. The van der Waals surface area contributed by atoms with Crippen molar-refractivity contribution in [1.82, 2.24) is 0 Å². The van der Waals surface area contributed by atoms with Gasteiger partial charge in [0.25, 0.3) is 0 Å². The molecule has 0 aromatic carbocycles. The largest absolute Gasteiger partial charge is 0.295 e. The number of rotatable bonds is 1. The summed E-state index contributed by atoms with van der Waals surface area (Å²) in [6.45, 7) is 7.87. The summed E-state index contributed by atoms with van der Waals surface area (Å²) in [7, 11) is 0.459. The van der Waals surface area contributed by atoms with Crippen LogP contribution >= 0.6 is 8.58 Å². The highest BCUT2D eigenvalue weighted by Crippen LogP contribution is 2.30. The zero-order chi connectivity index (χ0) is 6.78. The molecule has 1 unspecified atom stereocenters. The van der Waals surface area contributed by atoms with Crippen LogP contribution in [0.3, 0.4) is 0 Å². The highest BCUT2D eigenvalue weighted by atomic mass is 31.1. The summed E-state index contributed by atoms with van der Waals surface area (Å²) in [5, 5.41) is 0.200. The van der Waals surface area contributed by atoms with Crippen LogP contribution in [0.15, 0.2) is 0 Å². The van der Waals surface area contributed by atoms with Gasteiger partial charge >= 0.3 is 0 Å². The lowest BCUT2D eigenvalue weighted by molar-refractivity contribution is -0.109. The Balaban J connectivity index is 3.55. The van der Waals surface area contributed by atoms with Gasteiger partial charge in [0.05, 0.1) is 0 Å². The Morgan fingerprint density at radius 3 is 1.75 bits per heavy atom. The van der Waals surface area contributed by atoms with Gasteiger partial charge in [0.15, 0.2) is 0 Å². The molecule has 48 valence electrons. The van der Waals surface area contributed by atoms with Crippen molar-refractivity contribution in [3.05, 3.63) is 0 Å². The minimum absolute atomic E-state index is 0.200. The van der Waals surface area contributed by atoms with Gasteiger partial charge < -0.3 is 0 Å². The maximum absolute atomic E-state index is 10.5. The molecule has 0 aromatic heterocycles. The molecule has 0 rings (SSSR count). The molecule has 0 fully saturated rings. The van der Waals surface area contributed by atoms with Crippen LogP contribution in [0.25, 0.3) is 0 Å². The lowest BCUT2D eigenvalue weighted by Gasteiger charge is -2.14. The molecular formula is C6H13OP. The van der Waals surface area contributed by atoms with E-state index in [1.807, 2.05) is 0 Å². The van der Waals surface area contributed by atoms with Crippen LogP contribution in [0.5, 0.6) is 0 Å². The smallest absolute Gasteiger partial charge is 0.148 e. The second-order valence-corrected chi connectivity index (χ2v) is 5.39. The number of carbonyl (C=O) groups excluding carboxylic acids is 1. The molecule has 0 N–H and O–H groups in total. The third kappa shape index (κ3) is 6.10. The lowest BCUT2D eigenvalue weighted by atomic mass is 10.3. The minimum atomic E-state index is 0.200. The van der Waals surface area contributed by atoms with E-state index in [2.05, 4.69) is 20.8 Å². The van der Waals surface area contributed by atoms with Crippen LogP contribution < -0.4 is 0 Å². The maximum atomic E-state index is 10.5. The van der Waals surface area contributed by atoms with Gasteiger partial charge in [0.1, 0.15) is 5.52 Å². The van der Waals surface area contributed by atoms with Gasteiger partial charge in [0.2, 0.25) is 0 Å².